The van der Waals surface area contributed by atoms with Crippen LogP contribution in [0, 0.1) is 20.8 Å². The van der Waals surface area contributed by atoms with Crippen molar-refractivity contribution < 1.29 is 14.3 Å². The average molecular weight is 447 g/mol. The smallest absolute Gasteiger partial charge is 0.282 e. The number of hydrogen-bond acceptors (Lipinski definition) is 4. The minimum Gasteiger partial charge on any atom is -0.497 e. The highest BCUT2D eigenvalue weighted by molar-refractivity contribution is 6.46. The molecule has 1 heterocycles. The van der Waals surface area contributed by atoms with E-state index in [1.807, 2.05) is 32.0 Å². The lowest BCUT2D eigenvalue weighted by Crippen LogP contribution is -2.33. The summed E-state index contributed by atoms with van der Waals surface area (Å²) in [6.07, 6.45) is 0. The maximum Gasteiger partial charge on any atom is 0.282 e. The fourth-order valence-electron chi connectivity index (χ4n) is 3.69. The number of carbonyl (C=O) groups excluding carboxylic acids is 2. The first-order valence-corrected chi connectivity index (χ1v) is 10.6. The van der Waals surface area contributed by atoms with Crippen molar-refractivity contribution in [2.45, 2.75) is 20.8 Å². The van der Waals surface area contributed by atoms with E-state index in [0.29, 0.717) is 33.2 Å². The standard InChI is InChI=1S/C26H23ClN2O3/c1-15-8-11-19(14-16(15)2)28-24-23(18-9-12-20(32-4)13-10-18)25(30)29(26(24)31)22-7-5-6-21(27)17(22)3/h5-14,28H,1-4H3. The molecule has 1 aliphatic rings. The second-order valence-corrected chi connectivity index (χ2v) is 8.14. The van der Waals surface area contributed by atoms with Crippen LogP contribution in [0.1, 0.15) is 22.3 Å². The van der Waals surface area contributed by atoms with Gasteiger partial charge >= 0.3 is 0 Å². The van der Waals surface area contributed by atoms with E-state index in [0.717, 1.165) is 16.8 Å². The van der Waals surface area contributed by atoms with Gasteiger partial charge < -0.3 is 10.1 Å². The molecule has 3 aromatic carbocycles. The van der Waals surface area contributed by atoms with E-state index in [1.165, 1.54) is 4.90 Å². The Kier molecular flexibility index (Phi) is 5.76. The van der Waals surface area contributed by atoms with Crippen LogP contribution >= 0.6 is 11.6 Å². The van der Waals surface area contributed by atoms with Crippen molar-refractivity contribution in [3.05, 3.63) is 93.6 Å². The number of benzene rings is 3. The minimum absolute atomic E-state index is 0.225. The summed E-state index contributed by atoms with van der Waals surface area (Å²) in [5.41, 5.74) is 5.24. The lowest BCUT2D eigenvalue weighted by molar-refractivity contribution is -0.120. The first kappa shape index (κ1) is 21.7. The molecule has 5 nitrogen and oxygen atoms in total. The van der Waals surface area contributed by atoms with Crippen LogP contribution in [0.3, 0.4) is 0 Å². The number of ether oxygens (including phenoxy) is 1. The Morgan fingerprint density at radius 1 is 0.875 bits per heavy atom. The molecule has 4 rings (SSSR count). The van der Waals surface area contributed by atoms with Crippen molar-refractivity contribution >= 4 is 40.4 Å². The van der Waals surface area contributed by atoms with Gasteiger partial charge in [0.25, 0.3) is 11.8 Å². The number of halogens is 1. The molecule has 0 unspecified atom stereocenters. The molecule has 0 spiro atoms. The highest BCUT2D eigenvalue weighted by Crippen LogP contribution is 2.37. The predicted molar refractivity (Wildman–Crippen MR) is 128 cm³/mol. The lowest BCUT2D eigenvalue weighted by Gasteiger charge is -2.18. The number of amides is 2. The number of nitrogens with one attached hydrogen (secondary N) is 1. The van der Waals surface area contributed by atoms with Gasteiger partial charge in [0.15, 0.2) is 0 Å². The highest BCUT2D eigenvalue weighted by Gasteiger charge is 2.41. The summed E-state index contributed by atoms with van der Waals surface area (Å²) in [5.74, 6) is -0.168. The van der Waals surface area contributed by atoms with Crippen molar-refractivity contribution in [1.82, 2.24) is 0 Å². The predicted octanol–water partition coefficient (Wildman–Crippen LogP) is 5.67. The van der Waals surface area contributed by atoms with Gasteiger partial charge in [-0.1, -0.05) is 35.9 Å². The molecule has 32 heavy (non-hydrogen) atoms. The van der Waals surface area contributed by atoms with Gasteiger partial charge in [-0.3, -0.25) is 9.59 Å². The summed E-state index contributed by atoms with van der Waals surface area (Å²) in [4.78, 5) is 28.3. The maximum atomic E-state index is 13.6. The fraction of sp³-hybridized carbons (Fsp3) is 0.154. The Balaban J connectivity index is 1.85. The van der Waals surface area contributed by atoms with Gasteiger partial charge in [-0.15, -0.1) is 0 Å². The van der Waals surface area contributed by atoms with Gasteiger partial charge in [-0.2, -0.15) is 0 Å². The second kappa shape index (κ2) is 8.52. The molecule has 0 aromatic heterocycles. The number of aryl methyl sites for hydroxylation is 2. The van der Waals surface area contributed by atoms with Crippen LogP contribution in [0.4, 0.5) is 11.4 Å². The van der Waals surface area contributed by atoms with Gasteiger partial charge in [0.2, 0.25) is 0 Å². The van der Waals surface area contributed by atoms with Crippen molar-refractivity contribution in [3.8, 4) is 5.75 Å². The molecule has 0 radical (unpaired) electrons. The van der Waals surface area contributed by atoms with Gasteiger partial charge in [-0.05, 0) is 79.4 Å². The van der Waals surface area contributed by atoms with Crippen molar-refractivity contribution in [1.29, 1.82) is 0 Å². The van der Waals surface area contributed by atoms with Gasteiger partial charge in [0.1, 0.15) is 11.4 Å². The Hall–Kier alpha value is -3.57. The molecule has 0 atom stereocenters. The summed E-state index contributed by atoms with van der Waals surface area (Å²) >= 11 is 6.28. The van der Waals surface area contributed by atoms with Gasteiger partial charge in [0.05, 0.1) is 18.4 Å². The summed E-state index contributed by atoms with van der Waals surface area (Å²) in [6, 6.07) is 18.1. The largest absolute Gasteiger partial charge is 0.497 e. The normalized spacial score (nSPS) is 13.7. The van der Waals surface area contributed by atoms with Crippen LogP contribution in [-0.4, -0.2) is 18.9 Å². The fourth-order valence-corrected chi connectivity index (χ4v) is 3.86. The van der Waals surface area contributed by atoms with Crippen LogP contribution in [0.25, 0.3) is 5.57 Å². The molecule has 3 aromatic rings. The number of imide groups is 1. The summed E-state index contributed by atoms with van der Waals surface area (Å²) in [5, 5.41) is 3.69. The van der Waals surface area contributed by atoms with Crippen LogP contribution in [0.15, 0.2) is 66.4 Å². The molecular formula is C26H23ClN2O3. The SMILES string of the molecule is COc1ccc(C2=C(Nc3ccc(C)c(C)c3)C(=O)N(c3cccc(Cl)c3C)C2=O)cc1. The third-order valence-electron chi connectivity index (χ3n) is 5.72. The van der Waals surface area contributed by atoms with Gasteiger partial charge in [-0.25, -0.2) is 4.90 Å². The maximum absolute atomic E-state index is 13.6. The zero-order valence-electron chi connectivity index (χ0n) is 18.3. The van der Waals surface area contributed by atoms with Gasteiger partial charge in [0, 0.05) is 10.7 Å². The van der Waals surface area contributed by atoms with Crippen LogP contribution in [0.2, 0.25) is 5.02 Å². The Labute approximate surface area is 192 Å². The highest BCUT2D eigenvalue weighted by atomic mass is 35.5. The van der Waals surface area contributed by atoms with Crippen LogP contribution < -0.4 is 15.0 Å². The summed E-state index contributed by atoms with van der Waals surface area (Å²) in [6.45, 7) is 5.82. The monoisotopic (exact) mass is 446 g/mol. The zero-order valence-corrected chi connectivity index (χ0v) is 19.1. The number of rotatable bonds is 5. The van der Waals surface area contributed by atoms with Crippen molar-refractivity contribution in [2.75, 3.05) is 17.3 Å². The molecular weight excluding hydrogens is 424 g/mol. The molecule has 0 fully saturated rings. The Morgan fingerprint density at radius 3 is 2.25 bits per heavy atom. The van der Waals surface area contributed by atoms with E-state index in [4.69, 9.17) is 16.3 Å². The number of carbonyl (C=O) groups is 2. The van der Waals surface area contributed by atoms with Crippen molar-refractivity contribution in [2.24, 2.45) is 0 Å². The van der Waals surface area contributed by atoms with E-state index in [9.17, 15) is 9.59 Å². The third kappa shape index (κ3) is 3.76. The molecule has 0 saturated carbocycles. The Bertz CT molecular complexity index is 1260. The van der Waals surface area contributed by atoms with E-state index in [1.54, 1.807) is 56.5 Å². The summed E-state index contributed by atoms with van der Waals surface area (Å²) < 4.78 is 5.24. The van der Waals surface area contributed by atoms with Crippen LogP contribution in [0.5, 0.6) is 5.75 Å². The molecule has 1 N–H and O–H groups in total. The average Bonchev–Trinajstić information content (AvgIpc) is 3.02. The first-order valence-electron chi connectivity index (χ1n) is 10.2. The topological polar surface area (TPSA) is 58.6 Å². The molecule has 1 aliphatic heterocycles. The van der Waals surface area contributed by atoms with E-state index in [-0.39, 0.29) is 5.70 Å². The number of nitrogens with zero attached hydrogens (tertiary/aromatic N) is 1. The van der Waals surface area contributed by atoms with E-state index >= 15 is 0 Å². The lowest BCUT2D eigenvalue weighted by atomic mass is 10.0. The summed E-state index contributed by atoms with van der Waals surface area (Å²) in [7, 11) is 1.58. The number of methoxy groups -OCH3 is 1. The molecule has 0 bridgehead atoms. The molecule has 0 saturated heterocycles. The van der Waals surface area contributed by atoms with Crippen LogP contribution in [-0.2, 0) is 9.59 Å². The first-order chi connectivity index (χ1) is 15.3. The van der Waals surface area contributed by atoms with E-state index in [2.05, 4.69) is 5.32 Å². The molecule has 162 valence electrons. The zero-order chi connectivity index (χ0) is 23.0. The number of anilines is 2. The van der Waals surface area contributed by atoms with Crippen molar-refractivity contribution in [3.63, 3.8) is 0 Å². The second-order valence-electron chi connectivity index (χ2n) is 7.73. The molecule has 2 amide bonds. The number of hydrogen-bond donors (Lipinski definition) is 1. The quantitative estimate of drug-likeness (QED) is 0.513. The third-order valence-corrected chi connectivity index (χ3v) is 6.13. The van der Waals surface area contributed by atoms with E-state index < -0.39 is 11.8 Å². The molecule has 6 heteroatoms. The molecule has 0 aliphatic carbocycles. The Morgan fingerprint density at radius 2 is 1.59 bits per heavy atom. The minimum atomic E-state index is -0.426.